The Bertz CT molecular complexity index is 472. The molecule has 0 amide bonds. The summed E-state index contributed by atoms with van der Waals surface area (Å²) in [6.45, 7) is 4.94. The molecule has 0 fully saturated rings. The number of aromatic nitrogens is 3. The van der Waals surface area contributed by atoms with Crippen molar-refractivity contribution < 1.29 is 0 Å². The second-order valence-electron chi connectivity index (χ2n) is 3.70. The lowest BCUT2D eigenvalue weighted by atomic mass is 10.3. The third-order valence-electron chi connectivity index (χ3n) is 2.41. The van der Waals surface area contributed by atoms with E-state index in [4.69, 9.17) is 0 Å². The van der Waals surface area contributed by atoms with Gasteiger partial charge in [0.25, 0.3) is 0 Å². The highest BCUT2D eigenvalue weighted by Crippen LogP contribution is 2.15. The highest BCUT2D eigenvalue weighted by molar-refractivity contribution is 7.11. The fourth-order valence-corrected chi connectivity index (χ4v) is 2.26. The van der Waals surface area contributed by atoms with Crippen LogP contribution in [0.5, 0.6) is 0 Å². The number of aryl methyl sites for hydroxylation is 3. The fraction of sp³-hybridized carbons (Fsp3) is 0.455. The first-order valence-corrected chi connectivity index (χ1v) is 6.18. The van der Waals surface area contributed by atoms with E-state index >= 15 is 0 Å². The number of hydrogen-bond acceptors (Lipinski definition) is 4. The van der Waals surface area contributed by atoms with E-state index in [1.54, 1.807) is 11.3 Å². The zero-order chi connectivity index (χ0) is 11.5. The van der Waals surface area contributed by atoms with Crippen LogP contribution in [-0.4, -0.2) is 14.8 Å². The van der Waals surface area contributed by atoms with E-state index in [-0.39, 0.29) is 0 Å². The van der Waals surface area contributed by atoms with E-state index in [9.17, 15) is 0 Å². The zero-order valence-electron chi connectivity index (χ0n) is 9.82. The average molecular weight is 236 g/mol. The molecular formula is C11H16N4S. The summed E-state index contributed by atoms with van der Waals surface area (Å²) in [7, 11) is 1.96. The quantitative estimate of drug-likeness (QED) is 0.886. The SMILES string of the molecule is CCc1cc(NCc2cnc(C)s2)n(C)n1. The lowest BCUT2D eigenvalue weighted by Crippen LogP contribution is -2.03. The lowest BCUT2D eigenvalue weighted by Gasteiger charge is -2.03. The number of anilines is 1. The molecule has 2 heterocycles. The second-order valence-corrected chi connectivity index (χ2v) is 5.02. The van der Waals surface area contributed by atoms with Crippen molar-refractivity contribution in [2.75, 3.05) is 5.32 Å². The van der Waals surface area contributed by atoms with Crippen LogP contribution in [0.3, 0.4) is 0 Å². The Labute approximate surface area is 99.3 Å². The van der Waals surface area contributed by atoms with E-state index in [0.29, 0.717) is 0 Å². The minimum atomic E-state index is 0.814. The van der Waals surface area contributed by atoms with Gasteiger partial charge in [0.15, 0.2) is 0 Å². The molecule has 0 aromatic carbocycles. The molecule has 0 saturated heterocycles. The van der Waals surface area contributed by atoms with Crippen molar-refractivity contribution in [3.8, 4) is 0 Å². The number of thiazole rings is 1. The Balaban J connectivity index is 2.01. The van der Waals surface area contributed by atoms with Crippen LogP contribution in [0.15, 0.2) is 12.3 Å². The van der Waals surface area contributed by atoms with Gasteiger partial charge in [-0.3, -0.25) is 4.68 Å². The molecule has 86 valence electrons. The van der Waals surface area contributed by atoms with Gasteiger partial charge in [-0.1, -0.05) is 6.92 Å². The van der Waals surface area contributed by atoms with Crippen molar-refractivity contribution in [2.24, 2.45) is 7.05 Å². The van der Waals surface area contributed by atoms with Crippen molar-refractivity contribution in [3.05, 3.63) is 27.8 Å². The van der Waals surface area contributed by atoms with E-state index in [2.05, 4.69) is 28.4 Å². The molecule has 0 aliphatic carbocycles. The van der Waals surface area contributed by atoms with Crippen molar-refractivity contribution in [2.45, 2.75) is 26.8 Å². The molecule has 5 heteroatoms. The lowest BCUT2D eigenvalue weighted by molar-refractivity contribution is 0.748. The molecule has 0 bridgehead atoms. The molecule has 0 spiro atoms. The molecule has 2 rings (SSSR count). The maximum atomic E-state index is 4.39. The molecule has 0 aliphatic rings. The predicted octanol–water partition coefficient (Wildman–Crippen LogP) is 2.36. The Morgan fingerprint density at radius 1 is 1.50 bits per heavy atom. The van der Waals surface area contributed by atoms with Gasteiger partial charge < -0.3 is 5.32 Å². The first-order valence-electron chi connectivity index (χ1n) is 5.37. The van der Waals surface area contributed by atoms with Crippen LogP contribution < -0.4 is 5.32 Å². The summed E-state index contributed by atoms with van der Waals surface area (Å²) >= 11 is 1.72. The standard InChI is InChI=1S/C11H16N4S/c1-4-9-5-11(15(3)14-9)13-7-10-6-12-8(2)16-10/h5-6,13H,4,7H2,1-3H3. The van der Waals surface area contributed by atoms with Crippen molar-refractivity contribution in [1.29, 1.82) is 0 Å². The molecule has 2 aromatic rings. The van der Waals surface area contributed by atoms with E-state index in [1.165, 1.54) is 4.88 Å². The van der Waals surface area contributed by atoms with Crippen molar-refractivity contribution in [3.63, 3.8) is 0 Å². The number of nitrogens with zero attached hydrogens (tertiary/aromatic N) is 3. The summed E-state index contributed by atoms with van der Waals surface area (Å²) in [6.07, 6.45) is 2.89. The van der Waals surface area contributed by atoms with Crippen LogP contribution in [0.1, 0.15) is 22.5 Å². The molecule has 4 nitrogen and oxygen atoms in total. The van der Waals surface area contributed by atoms with Gasteiger partial charge in [-0.05, 0) is 13.3 Å². The van der Waals surface area contributed by atoms with Gasteiger partial charge in [0.1, 0.15) is 5.82 Å². The predicted molar refractivity (Wildman–Crippen MR) is 66.8 cm³/mol. The van der Waals surface area contributed by atoms with E-state index in [0.717, 1.165) is 29.5 Å². The largest absolute Gasteiger partial charge is 0.365 e. The third kappa shape index (κ3) is 2.41. The molecule has 1 N–H and O–H groups in total. The molecule has 0 radical (unpaired) electrons. The van der Waals surface area contributed by atoms with Gasteiger partial charge in [0.05, 0.1) is 17.2 Å². The molecule has 0 saturated carbocycles. The summed E-state index contributed by atoms with van der Waals surface area (Å²) in [6, 6.07) is 2.09. The summed E-state index contributed by atoms with van der Waals surface area (Å²) in [5.74, 6) is 1.06. The smallest absolute Gasteiger partial charge is 0.124 e. The van der Waals surface area contributed by atoms with Gasteiger partial charge in [-0.15, -0.1) is 11.3 Å². The minimum Gasteiger partial charge on any atom is -0.365 e. The van der Waals surface area contributed by atoms with Gasteiger partial charge >= 0.3 is 0 Å². The highest BCUT2D eigenvalue weighted by atomic mass is 32.1. The number of nitrogens with one attached hydrogen (secondary N) is 1. The molecule has 16 heavy (non-hydrogen) atoms. The topological polar surface area (TPSA) is 42.7 Å². The first-order chi connectivity index (χ1) is 7.69. The normalized spacial score (nSPS) is 10.7. The third-order valence-corrected chi connectivity index (χ3v) is 3.32. The van der Waals surface area contributed by atoms with E-state index in [1.807, 2.05) is 24.9 Å². The zero-order valence-corrected chi connectivity index (χ0v) is 10.6. The average Bonchev–Trinajstić information content (AvgIpc) is 2.82. The van der Waals surface area contributed by atoms with Crippen LogP contribution in [0.2, 0.25) is 0 Å². The Kier molecular flexibility index (Phi) is 3.24. The summed E-state index contributed by atoms with van der Waals surface area (Å²) in [4.78, 5) is 5.48. The molecule has 2 aromatic heterocycles. The van der Waals surface area contributed by atoms with Crippen LogP contribution in [0, 0.1) is 6.92 Å². The highest BCUT2D eigenvalue weighted by Gasteiger charge is 2.04. The van der Waals surface area contributed by atoms with Crippen LogP contribution in [0.25, 0.3) is 0 Å². The minimum absolute atomic E-state index is 0.814. The molecule has 0 unspecified atom stereocenters. The summed E-state index contributed by atoms with van der Waals surface area (Å²) in [5.41, 5.74) is 1.12. The molecular weight excluding hydrogens is 220 g/mol. The second kappa shape index (κ2) is 4.65. The Morgan fingerprint density at radius 2 is 2.31 bits per heavy atom. The van der Waals surface area contributed by atoms with Crippen molar-refractivity contribution >= 4 is 17.2 Å². The first kappa shape index (κ1) is 11.1. The Morgan fingerprint density at radius 3 is 2.88 bits per heavy atom. The van der Waals surface area contributed by atoms with Gasteiger partial charge in [-0.2, -0.15) is 5.10 Å². The van der Waals surface area contributed by atoms with Crippen molar-refractivity contribution in [1.82, 2.24) is 14.8 Å². The van der Waals surface area contributed by atoms with Crippen LogP contribution >= 0.6 is 11.3 Å². The molecule has 0 atom stereocenters. The fourth-order valence-electron chi connectivity index (χ4n) is 1.53. The monoisotopic (exact) mass is 236 g/mol. The van der Waals surface area contributed by atoms with Gasteiger partial charge in [0.2, 0.25) is 0 Å². The maximum absolute atomic E-state index is 4.39. The Hall–Kier alpha value is -1.36. The number of rotatable bonds is 4. The van der Waals surface area contributed by atoms with Gasteiger partial charge in [-0.25, -0.2) is 4.98 Å². The van der Waals surface area contributed by atoms with Crippen LogP contribution in [-0.2, 0) is 20.0 Å². The maximum Gasteiger partial charge on any atom is 0.124 e. The number of hydrogen-bond donors (Lipinski definition) is 1. The van der Waals surface area contributed by atoms with Crippen LogP contribution in [0.4, 0.5) is 5.82 Å². The van der Waals surface area contributed by atoms with Gasteiger partial charge in [0, 0.05) is 24.2 Å². The van der Waals surface area contributed by atoms with E-state index < -0.39 is 0 Å². The summed E-state index contributed by atoms with van der Waals surface area (Å²) in [5, 5.41) is 8.86. The molecule has 0 aliphatic heterocycles. The summed E-state index contributed by atoms with van der Waals surface area (Å²) < 4.78 is 1.88.